The summed E-state index contributed by atoms with van der Waals surface area (Å²) < 4.78 is 35.5. The number of carbonyl (C=O) groups is 2. The summed E-state index contributed by atoms with van der Waals surface area (Å²) in [5, 5.41) is 14.5. The quantitative estimate of drug-likeness (QED) is 0.322. The first-order valence-corrected chi connectivity index (χ1v) is 13.2. The number of methoxy groups -OCH3 is 1. The van der Waals surface area contributed by atoms with Crippen molar-refractivity contribution in [3.05, 3.63) is 39.9 Å². The number of amides is 1. The van der Waals surface area contributed by atoms with Crippen molar-refractivity contribution in [2.75, 3.05) is 13.9 Å². The highest BCUT2D eigenvalue weighted by Gasteiger charge is 2.75. The lowest BCUT2D eigenvalue weighted by atomic mass is 9.75. The van der Waals surface area contributed by atoms with Gasteiger partial charge in [0.2, 0.25) is 19.8 Å². The van der Waals surface area contributed by atoms with E-state index in [1.807, 2.05) is 26.0 Å². The van der Waals surface area contributed by atoms with Crippen molar-refractivity contribution in [1.82, 2.24) is 10.2 Å². The maximum atomic E-state index is 14.0. The van der Waals surface area contributed by atoms with Crippen molar-refractivity contribution in [3.63, 3.8) is 0 Å². The van der Waals surface area contributed by atoms with Crippen LogP contribution in [0, 0.1) is 13.8 Å². The molecule has 5 aliphatic rings. The zero-order valence-electron chi connectivity index (χ0n) is 22.2. The highest BCUT2D eigenvalue weighted by molar-refractivity contribution is 8.16. The Hall–Kier alpha value is -3.25. The van der Waals surface area contributed by atoms with Gasteiger partial charge in [0.15, 0.2) is 34.6 Å². The first kappa shape index (κ1) is 22.7. The Morgan fingerprint density at radius 3 is 2.79 bits per heavy atom. The highest BCUT2D eigenvalue weighted by atomic mass is 32.2. The minimum Gasteiger partial charge on any atom is -0.507 e. The zero-order valence-corrected chi connectivity index (χ0v) is 22.1. The zero-order chi connectivity index (χ0) is 27.4. The molecule has 2 aromatic carbocycles. The van der Waals surface area contributed by atoms with Crippen LogP contribution in [-0.2, 0) is 25.5 Å². The van der Waals surface area contributed by atoms with Crippen LogP contribution in [0.3, 0.4) is 0 Å². The molecule has 197 valence electrons. The number of nitrogens with zero attached hydrogens (tertiary/aromatic N) is 1. The molecule has 0 aromatic heterocycles. The number of hydrogen-bond donors (Lipinski definition) is 2. The predicted octanol–water partition coefficient (Wildman–Crippen LogP) is 2.27. The fourth-order valence-corrected chi connectivity index (χ4v) is 7.30. The van der Waals surface area contributed by atoms with Crippen molar-refractivity contribution in [2.24, 2.45) is 0 Å². The molecule has 1 aliphatic carbocycles. The molecule has 2 unspecified atom stereocenters. The summed E-state index contributed by atoms with van der Waals surface area (Å²) in [6.45, 7) is 5.69. The Balaban J connectivity index is 1.18. The van der Waals surface area contributed by atoms with Crippen LogP contribution in [-0.4, -0.2) is 56.3 Å². The molecule has 3 fully saturated rings. The van der Waals surface area contributed by atoms with Crippen LogP contribution in [0.15, 0.2) is 12.1 Å². The van der Waals surface area contributed by atoms with Gasteiger partial charge in [0.1, 0.15) is 5.75 Å². The normalized spacial score (nSPS) is 31.5. The number of rotatable bonds is 6. The Bertz CT molecular complexity index is 1470. The number of benzene rings is 2. The van der Waals surface area contributed by atoms with Crippen molar-refractivity contribution in [1.29, 1.82) is 1.34 Å². The third-order valence-electron chi connectivity index (χ3n) is 8.75. The number of nitrogens with one attached hydrogen (secondary N) is 1. The molecule has 12 heteroatoms. The van der Waals surface area contributed by atoms with Gasteiger partial charge in [-0.2, -0.15) is 0 Å². The fourth-order valence-electron chi connectivity index (χ4n) is 7.07. The number of likely N-dealkylation sites (tertiary alicyclic amines) is 1. The first-order chi connectivity index (χ1) is 18.6. The molecule has 0 saturated carbocycles. The molecule has 10 nitrogen and oxygen atoms in total. The number of hydrogen-bond acceptors (Lipinski definition) is 10. The number of carbonyl (C=O) groups excluding carboxylic acids is 2. The van der Waals surface area contributed by atoms with E-state index in [2.05, 4.69) is 5.32 Å². The molecule has 2 aromatic rings. The summed E-state index contributed by atoms with van der Waals surface area (Å²) in [5.74, 6) is 1.43. The predicted molar refractivity (Wildman–Crippen MR) is 137 cm³/mol. The number of phenolic OH excluding ortho intramolecular Hbond substituents is 1. The molecular formula is C26H26BN2O8S. The molecule has 2 N–H and O–H groups in total. The molecule has 2 bridgehead atoms. The van der Waals surface area contributed by atoms with Crippen LogP contribution in [0.2, 0.25) is 0 Å². The van der Waals surface area contributed by atoms with Crippen molar-refractivity contribution in [2.45, 2.75) is 62.9 Å². The molecule has 4 aliphatic heterocycles. The molecule has 38 heavy (non-hydrogen) atoms. The van der Waals surface area contributed by atoms with E-state index in [0.29, 0.717) is 52.5 Å². The number of aryl methyl sites for hydroxylation is 1. The molecule has 3 saturated heterocycles. The second-order valence-electron chi connectivity index (χ2n) is 10.7. The van der Waals surface area contributed by atoms with Crippen LogP contribution < -0.4 is 23.7 Å². The Morgan fingerprint density at radius 2 is 2.08 bits per heavy atom. The van der Waals surface area contributed by atoms with Gasteiger partial charge in [-0.25, -0.2) is 4.79 Å². The lowest BCUT2D eigenvalue weighted by molar-refractivity contribution is -0.209. The third kappa shape index (κ3) is 2.74. The van der Waals surface area contributed by atoms with E-state index < -0.39 is 35.2 Å². The van der Waals surface area contributed by atoms with Gasteiger partial charge in [0.05, 0.1) is 19.2 Å². The average Bonchev–Trinajstić information content (AvgIpc) is 3.57. The van der Waals surface area contributed by atoms with E-state index in [0.717, 1.165) is 30.1 Å². The van der Waals surface area contributed by atoms with Crippen molar-refractivity contribution < 1.29 is 37.8 Å². The average molecular weight is 539 g/mol. The second kappa shape index (κ2) is 7.66. The molecule has 1 spiro atoms. The largest absolute Gasteiger partial charge is 0.507 e. The third-order valence-corrected chi connectivity index (χ3v) is 9.03. The number of ether oxygens (including phenoxy) is 4. The molecule has 4 heterocycles. The van der Waals surface area contributed by atoms with Gasteiger partial charge in [-0.1, -0.05) is 6.07 Å². The number of phenols is 1. The van der Waals surface area contributed by atoms with Crippen LogP contribution in [0.4, 0.5) is 0 Å². The van der Waals surface area contributed by atoms with Crippen molar-refractivity contribution in [3.8, 4) is 28.7 Å². The summed E-state index contributed by atoms with van der Waals surface area (Å²) in [6, 6.07) is 2.07. The van der Waals surface area contributed by atoms with Gasteiger partial charge < -0.3 is 33.1 Å². The molecular weight excluding hydrogens is 511 g/mol. The summed E-state index contributed by atoms with van der Waals surface area (Å²) in [6.07, 6.45) is 0.876. The summed E-state index contributed by atoms with van der Waals surface area (Å²) in [5.41, 5.74) is 1.94. The van der Waals surface area contributed by atoms with E-state index in [1.54, 1.807) is 18.9 Å². The lowest BCUT2D eigenvalue weighted by Gasteiger charge is -2.52. The smallest absolute Gasteiger partial charge is 0.334 e. The molecule has 7 rings (SSSR count). The highest BCUT2D eigenvalue weighted by Crippen LogP contribution is 2.69. The number of fused-ring (bicyclic) bond motifs is 5. The first-order valence-electron chi connectivity index (χ1n) is 12.9. The van der Waals surface area contributed by atoms with Gasteiger partial charge in [0, 0.05) is 28.7 Å². The minimum absolute atomic E-state index is 0.0246. The Kier molecular flexibility index (Phi) is 4.58. The second-order valence-corrected chi connectivity index (χ2v) is 11.1. The minimum atomic E-state index is -1.07. The van der Waals surface area contributed by atoms with Crippen LogP contribution in [0.1, 0.15) is 53.6 Å². The van der Waals surface area contributed by atoms with Crippen LogP contribution in [0.5, 0.6) is 28.7 Å². The Labute approximate surface area is 225 Å². The lowest BCUT2D eigenvalue weighted by Crippen LogP contribution is -2.70. The van der Waals surface area contributed by atoms with Gasteiger partial charge in [0.25, 0.3) is 0 Å². The van der Waals surface area contributed by atoms with E-state index in [4.69, 9.17) is 24.5 Å². The van der Waals surface area contributed by atoms with Gasteiger partial charge in [-0.3, -0.25) is 10.1 Å². The number of aromatic hydroxyl groups is 1. The maximum absolute atomic E-state index is 14.0. The van der Waals surface area contributed by atoms with E-state index >= 15 is 0 Å². The van der Waals surface area contributed by atoms with Gasteiger partial charge in [-0.05, 0) is 57.6 Å². The van der Waals surface area contributed by atoms with Crippen molar-refractivity contribution >= 4 is 30.9 Å². The van der Waals surface area contributed by atoms with Crippen LogP contribution in [0.25, 0.3) is 0 Å². The van der Waals surface area contributed by atoms with Gasteiger partial charge >= 0.3 is 5.97 Å². The fraction of sp³-hybridized carbons (Fsp3) is 0.462. The topological polar surface area (TPSA) is 116 Å². The Morgan fingerprint density at radius 1 is 1.32 bits per heavy atom. The van der Waals surface area contributed by atoms with E-state index in [1.165, 1.54) is 0 Å². The van der Waals surface area contributed by atoms with E-state index in [-0.39, 0.29) is 18.4 Å². The number of esters is 1. The summed E-state index contributed by atoms with van der Waals surface area (Å²) >= 11 is 0.884. The monoisotopic (exact) mass is 539 g/mol. The van der Waals surface area contributed by atoms with Crippen LogP contribution >= 0.6 is 11.9 Å². The maximum Gasteiger partial charge on any atom is 0.334 e. The molecule has 1 amide bonds. The SMILES string of the molecule is [3H][B]SOc1cc(C2(C)C[C@@H](C(=O)N3[C@H]4CC5(OC(=O)[C@@H]35)c3c(O)c(C)c5c(c34)OCO5)N2)cc(C)c1OC. The summed E-state index contributed by atoms with van der Waals surface area (Å²) in [4.78, 5) is 28.3. The van der Waals surface area contributed by atoms with E-state index in [9.17, 15) is 14.7 Å². The van der Waals surface area contributed by atoms with Gasteiger partial charge in [-0.15, -0.1) is 0 Å². The summed E-state index contributed by atoms with van der Waals surface area (Å²) in [7, 11) is 2.66. The standard InChI is InChI=1S/C26H26BN2O8S/c1-10-5-12(6-15(37-38-27)19(10)33-4)25(3)7-13(28-25)23(31)29-14-8-26(22(29)24(32)36-26)17-16(14)21-20(34-9-35-21)11(2)18(17)30/h5-6,13-14,22,27-28,30H,7-9H2,1-4H3/t13-,14-,22+,25?,26?/m0/s1/i27T. The molecule has 5 atom stereocenters. The molecule has 1 radical (unpaired) electrons.